The van der Waals surface area contributed by atoms with E-state index in [2.05, 4.69) is 0 Å². The standard InChI is InChI=1S/C12H21O10/c1-3-5(14)6(15)9(18)12(20-3)22-10-4(2-13)21-11(19)8(17)7(10)16/h3-18H,2H2,1H3/t3-,4+,5-,6+,7+,8+,9+,10-,11+,12-/m0/s1. The van der Waals surface area contributed by atoms with E-state index in [0.717, 1.165) is 0 Å². The van der Waals surface area contributed by atoms with Crippen LogP contribution in [0.2, 0.25) is 0 Å². The van der Waals surface area contributed by atoms with Gasteiger partial charge in [0.05, 0.1) is 12.7 Å². The van der Waals surface area contributed by atoms with E-state index in [1.807, 2.05) is 0 Å². The van der Waals surface area contributed by atoms with Crippen LogP contribution in [0.15, 0.2) is 0 Å². The second kappa shape index (κ2) is 7.01. The summed E-state index contributed by atoms with van der Waals surface area (Å²) in [6.07, 6.45) is -14.8. The molecule has 22 heavy (non-hydrogen) atoms. The van der Waals surface area contributed by atoms with E-state index >= 15 is 0 Å². The molecule has 0 aromatic carbocycles. The second-order valence-electron chi connectivity index (χ2n) is 5.49. The zero-order valence-corrected chi connectivity index (χ0v) is 11.8. The molecule has 0 aliphatic carbocycles. The lowest BCUT2D eigenvalue weighted by Crippen LogP contribution is -2.63. The lowest BCUT2D eigenvalue weighted by molar-refractivity contribution is -0.358. The molecule has 10 heteroatoms. The van der Waals surface area contributed by atoms with Gasteiger partial charge in [-0.2, -0.15) is 5.11 Å². The van der Waals surface area contributed by atoms with Gasteiger partial charge in [-0.05, 0) is 6.92 Å². The average Bonchev–Trinajstić information content (AvgIpc) is 2.50. The maximum atomic E-state index is 11.4. The molecule has 0 unspecified atom stereocenters. The molecule has 10 atom stereocenters. The van der Waals surface area contributed by atoms with Crippen molar-refractivity contribution >= 4 is 0 Å². The van der Waals surface area contributed by atoms with Gasteiger partial charge in [0.1, 0.15) is 42.7 Å². The fourth-order valence-electron chi connectivity index (χ4n) is 2.50. The summed E-state index contributed by atoms with van der Waals surface area (Å²) < 4.78 is 15.3. The van der Waals surface area contributed by atoms with E-state index in [1.165, 1.54) is 6.92 Å². The van der Waals surface area contributed by atoms with Gasteiger partial charge in [-0.25, -0.2) is 0 Å². The predicted molar refractivity (Wildman–Crippen MR) is 65.7 cm³/mol. The molecule has 2 fully saturated rings. The molecular formula is C12H21O10. The van der Waals surface area contributed by atoms with Gasteiger partial charge in [0.25, 0.3) is 0 Å². The Morgan fingerprint density at radius 2 is 1.55 bits per heavy atom. The van der Waals surface area contributed by atoms with Gasteiger partial charge in [-0.1, -0.05) is 0 Å². The summed E-state index contributed by atoms with van der Waals surface area (Å²) >= 11 is 0. The number of hydrogen-bond acceptors (Lipinski definition) is 9. The minimum Gasteiger partial charge on any atom is -0.394 e. The summed E-state index contributed by atoms with van der Waals surface area (Å²) in [5.74, 6) is 0. The molecule has 0 aromatic rings. The molecule has 2 aliphatic rings. The molecule has 6 N–H and O–H groups in total. The Morgan fingerprint density at radius 3 is 2.14 bits per heavy atom. The van der Waals surface area contributed by atoms with Crippen molar-refractivity contribution in [2.75, 3.05) is 6.61 Å². The van der Waals surface area contributed by atoms with E-state index in [9.17, 15) is 35.7 Å². The van der Waals surface area contributed by atoms with Crippen LogP contribution in [-0.4, -0.2) is 98.7 Å². The molecule has 10 nitrogen and oxygen atoms in total. The van der Waals surface area contributed by atoms with Crippen molar-refractivity contribution in [3.8, 4) is 0 Å². The Morgan fingerprint density at radius 1 is 0.909 bits per heavy atom. The predicted octanol–water partition coefficient (Wildman–Crippen LogP) is -3.93. The lowest BCUT2D eigenvalue weighted by atomic mass is 9.97. The third-order valence-electron chi connectivity index (χ3n) is 3.92. The minimum absolute atomic E-state index is 0.670. The first-order valence-electron chi connectivity index (χ1n) is 6.91. The van der Waals surface area contributed by atoms with Crippen LogP contribution in [-0.2, 0) is 19.3 Å². The molecule has 0 spiro atoms. The third-order valence-corrected chi connectivity index (χ3v) is 3.92. The van der Waals surface area contributed by atoms with E-state index < -0.39 is 68.0 Å². The van der Waals surface area contributed by atoms with Gasteiger partial charge in [0.2, 0.25) is 6.29 Å². The monoisotopic (exact) mass is 325 g/mol. The highest BCUT2D eigenvalue weighted by molar-refractivity contribution is 4.92. The van der Waals surface area contributed by atoms with Gasteiger partial charge >= 0.3 is 0 Å². The fourth-order valence-corrected chi connectivity index (χ4v) is 2.50. The third kappa shape index (κ3) is 3.26. The first-order valence-corrected chi connectivity index (χ1v) is 6.91. The van der Waals surface area contributed by atoms with Crippen LogP contribution in [0.1, 0.15) is 6.92 Å². The summed E-state index contributed by atoms with van der Waals surface area (Å²) in [4.78, 5) is 0. The van der Waals surface area contributed by atoms with Crippen molar-refractivity contribution in [2.45, 2.75) is 68.3 Å². The van der Waals surface area contributed by atoms with E-state index in [4.69, 9.17) is 14.2 Å². The van der Waals surface area contributed by atoms with Crippen molar-refractivity contribution in [3.63, 3.8) is 0 Å². The molecule has 0 aromatic heterocycles. The van der Waals surface area contributed by atoms with E-state index in [-0.39, 0.29) is 0 Å². The highest BCUT2D eigenvalue weighted by Crippen LogP contribution is 2.28. The molecular weight excluding hydrogens is 304 g/mol. The van der Waals surface area contributed by atoms with Gasteiger partial charge in [-0.3, -0.25) is 0 Å². The van der Waals surface area contributed by atoms with Crippen LogP contribution < -0.4 is 0 Å². The van der Waals surface area contributed by atoms with Gasteiger partial charge < -0.3 is 44.8 Å². The summed E-state index contributed by atoms with van der Waals surface area (Å²) in [5, 5.41) is 69.1. The first kappa shape index (κ1) is 17.9. The zero-order valence-electron chi connectivity index (χ0n) is 11.8. The Kier molecular flexibility index (Phi) is 5.72. The summed E-state index contributed by atoms with van der Waals surface area (Å²) in [6, 6.07) is 0. The number of aliphatic hydroxyl groups is 6. The summed E-state index contributed by atoms with van der Waals surface area (Å²) in [6.45, 7) is 0.771. The Hall–Kier alpha value is -0.400. The van der Waals surface area contributed by atoms with Crippen LogP contribution in [0.25, 0.3) is 0 Å². The average molecular weight is 325 g/mol. The number of rotatable bonds is 3. The highest BCUT2D eigenvalue weighted by atomic mass is 16.7. The van der Waals surface area contributed by atoms with Gasteiger partial charge in [-0.15, -0.1) is 0 Å². The molecule has 0 saturated carbocycles. The van der Waals surface area contributed by atoms with E-state index in [0.29, 0.717) is 0 Å². The molecule has 0 amide bonds. The molecule has 129 valence electrons. The van der Waals surface area contributed by atoms with Crippen LogP contribution in [0, 0.1) is 0 Å². The Bertz CT molecular complexity index is 366. The molecule has 2 saturated heterocycles. The van der Waals surface area contributed by atoms with Crippen LogP contribution in [0.3, 0.4) is 0 Å². The molecule has 0 bridgehead atoms. The smallest absolute Gasteiger partial charge is 0.220 e. The highest BCUT2D eigenvalue weighted by Gasteiger charge is 2.49. The number of ether oxygens (including phenoxy) is 3. The first-order chi connectivity index (χ1) is 10.3. The number of aliphatic hydroxyl groups excluding tert-OH is 6. The van der Waals surface area contributed by atoms with Crippen molar-refractivity contribution < 1.29 is 50.0 Å². The largest absolute Gasteiger partial charge is 0.394 e. The van der Waals surface area contributed by atoms with E-state index in [1.54, 1.807) is 0 Å². The van der Waals surface area contributed by atoms with Crippen LogP contribution in [0.5, 0.6) is 0 Å². The fraction of sp³-hybridized carbons (Fsp3) is 1.00. The normalized spacial score (nSPS) is 53.5. The molecule has 2 aliphatic heterocycles. The van der Waals surface area contributed by atoms with Gasteiger partial charge in [0, 0.05) is 0 Å². The zero-order chi connectivity index (χ0) is 16.6. The Balaban J connectivity index is 2.10. The maximum absolute atomic E-state index is 11.4. The van der Waals surface area contributed by atoms with Crippen LogP contribution >= 0.6 is 0 Å². The molecule has 2 heterocycles. The quantitative estimate of drug-likeness (QED) is 0.303. The topological polar surface area (TPSA) is 169 Å². The van der Waals surface area contributed by atoms with Crippen molar-refractivity contribution in [2.24, 2.45) is 0 Å². The van der Waals surface area contributed by atoms with Crippen molar-refractivity contribution in [1.82, 2.24) is 0 Å². The SMILES string of the molecule is C[C@@H]1O[C@@H](O[C@@H]2[C@H](O)[C@@H](O)[C@H]([O])O[C@@H]2CO)[C@H](O)[C@H](O)[C@H]1O. The summed E-state index contributed by atoms with van der Waals surface area (Å²) in [5.41, 5.74) is 0. The van der Waals surface area contributed by atoms with Crippen LogP contribution in [0.4, 0.5) is 0 Å². The number of hydrogen-bond donors (Lipinski definition) is 6. The Labute approximate surface area is 126 Å². The maximum Gasteiger partial charge on any atom is 0.220 e. The van der Waals surface area contributed by atoms with Crippen molar-refractivity contribution in [3.05, 3.63) is 0 Å². The minimum atomic E-state index is -1.95. The lowest BCUT2D eigenvalue weighted by Gasteiger charge is -2.44. The van der Waals surface area contributed by atoms with Gasteiger partial charge in [0.15, 0.2) is 6.29 Å². The van der Waals surface area contributed by atoms with Crippen molar-refractivity contribution in [1.29, 1.82) is 0 Å². The molecule has 2 rings (SSSR count). The summed E-state index contributed by atoms with van der Waals surface area (Å²) in [7, 11) is 0. The molecule has 1 radical (unpaired) electrons. The second-order valence-corrected chi connectivity index (χ2v) is 5.49.